The normalized spacial score (nSPS) is 13.4. The molecule has 5 nitrogen and oxygen atoms in total. The second-order valence-electron chi connectivity index (χ2n) is 4.78. The van der Waals surface area contributed by atoms with E-state index in [1.165, 1.54) is 0 Å². The zero-order valence-corrected chi connectivity index (χ0v) is 13.4. The first-order chi connectivity index (χ1) is 9.40. The maximum atomic E-state index is 12.3. The quantitative estimate of drug-likeness (QED) is 0.762. The molecule has 114 valence electrons. The van der Waals surface area contributed by atoms with Gasteiger partial charge in [0.25, 0.3) is 0 Å². The van der Waals surface area contributed by atoms with E-state index < -0.39 is 10.0 Å². The minimum absolute atomic E-state index is 0.157. The van der Waals surface area contributed by atoms with Crippen molar-refractivity contribution in [2.45, 2.75) is 38.3 Å². The van der Waals surface area contributed by atoms with Crippen LogP contribution in [0, 0.1) is 6.92 Å². The predicted molar refractivity (Wildman–Crippen MR) is 80.2 cm³/mol. The summed E-state index contributed by atoms with van der Waals surface area (Å²) in [7, 11) is -1.94. The summed E-state index contributed by atoms with van der Waals surface area (Å²) in [5.74, 6) is 0. The lowest BCUT2D eigenvalue weighted by Gasteiger charge is -2.14. The molecule has 0 amide bonds. The maximum Gasteiger partial charge on any atom is 0.240 e. The van der Waals surface area contributed by atoms with Crippen LogP contribution in [0.1, 0.15) is 25.0 Å². The Hall–Kier alpha value is -0.950. The van der Waals surface area contributed by atoms with Gasteiger partial charge in [-0.25, -0.2) is 13.1 Å². The Balaban J connectivity index is 2.92. The molecule has 20 heavy (non-hydrogen) atoms. The monoisotopic (exact) mass is 300 g/mol. The van der Waals surface area contributed by atoms with Crippen molar-refractivity contribution in [3.63, 3.8) is 0 Å². The SMILES string of the molecule is CCNCc1ccc(C)c(S(=O)(=O)NCC(C)OC)c1. The molecule has 2 N–H and O–H groups in total. The van der Waals surface area contributed by atoms with Crippen LogP contribution in [-0.4, -0.2) is 34.7 Å². The van der Waals surface area contributed by atoms with Crippen LogP contribution in [0.3, 0.4) is 0 Å². The molecule has 0 aromatic heterocycles. The Morgan fingerprint density at radius 1 is 1.35 bits per heavy atom. The summed E-state index contributed by atoms with van der Waals surface area (Å²) in [5.41, 5.74) is 1.69. The lowest BCUT2D eigenvalue weighted by Crippen LogP contribution is -2.32. The predicted octanol–water partition coefficient (Wildman–Crippen LogP) is 1.42. The summed E-state index contributed by atoms with van der Waals surface area (Å²) < 4.78 is 32.3. The van der Waals surface area contributed by atoms with E-state index in [1.54, 1.807) is 20.1 Å². The lowest BCUT2D eigenvalue weighted by atomic mass is 10.1. The van der Waals surface area contributed by atoms with E-state index in [4.69, 9.17) is 4.74 Å². The molecule has 0 saturated carbocycles. The number of sulfonamides is 1. The van der Waals surface area contributed by atoms with Crippen LogP contribution in [0.15, 0.2) is 23.1 Å². The van der Waals surface area contributed by atoms with Crippen molar-refractivity contribution in [2.75, 3.05) is 20.2 Å². The maximum absolute atomic E-state index is 12.3. The molecule has 0 bridgehead atoms. The molecule has 0 aliphatic rings. The molecule has 6 heteroatoms. The highest BCUT2D eigenvalue weighted by atomic mass is 32.2. The van der Waals surface area contributed by atoms with E-state index in [1.807, 2.05) is 26.0 Å². The summed E-state index contributed by atoms with van der Waals surface area (Å²) in [6.07, 6.45) is -0.157. The standard InChI is InChI=1S/C14H24N2O3S/c1-5-15-10-13-7-6-11(2)14(8-13)20(17,18)16-9-12(3)19-4/h6-8,12,15-16H,5,9-10H2,1-4H3. The van der Waals surface area contributed by atoms with Gasteiger partial charge in [0.2, 0.25) is 10.0 Å². The van der Waals surface area contributed by atoms with Crippen LogP contribution >= 0.6 is 0 Å². The van der Waals surface area contributed by atoms with Gasteiger partial charge in [-0.15, -0.1) is 0 Å². The van der Waals surface area contributed by atoms with Crippen LogP contribution in [0.25, 0.3) is 0 Å². The number of rotatable bonds is 8. The Morgan fingerprint density at radius 3 is 2.65 bits per heavy atom. The highest BCUT2D eigenvalue weighted by Gasteiger charge is 2.18. The van der Waals surface area contributed by atoms with Crippen molar-refractivity contribution >= 4 is 10.0 Å². The zero-order chi connectivity index (χ0) is 15.2. The average molecular weight is 300 g/mol. The highest BCUT2D eigenvalue weighted by Crippen LogP contribution is 2.17. The largest absolute Gasteiger partial charge is 0.380 e. The third-order valence-corrected chi connectivity index (χ3v) is 4.65. The fourth-order valence-corrected chi connectivity index (χ4v) is 3.11. The first-order valence-corrected chi connectivity index (χ1v) is 8.21. The van der Waals surface area contributed by atoms with Crippen molar-refractivity contribution < 1.29 is 13.2 Å². The lowest BCUT2D eigenvalue weighted by molar-refractivity contribution is 0.122. The average Bonchev–Trinajstić information content (AvgIpc) is 2.43. The molecule has 0 saturated heterocycles. The van der Waals surface area contributed by atoms with Crippen molar-refractivity contribution in [1.29, 1.82) is 0 Å². The molecule has 1 aromatic carbocycles. The number of ether oxygens (including phenoxy) is 1. The third kappa shape index (κ3) is 4.86. The highest BCUT2D eigenvalue weighted by molar-refractivity contribution is 7.89. The van der Waals surface area contributed by atoms with Crippen molar-refractivity contribution in [1.82, 2.24) is 10.0 Å². The number of hydrogen-bond acceptors (Lipinski definition) is 4. The zero-order valence-electron chi connectivity index (χ0n) is 12.6. The third-order valence-electron chi connectivity index (χ3n) is 3.08. The van der Waals surface area contributed by atoms with Gasteiger partial charge in [0, 0.05) is 20.2 Å². The van der Waals surface area contributed by atoms with Crippen LogP contribution < -0.4 is 10.0 Å². The molecule has 0 radical (unpaired) electrons. The van der Waals surface area contributed by atoms with E-state index >= 15 is 0 Å². The summed E-state index contributed by atoms with van der Waals surface area (Å²) in [6, 6.07) is 5.49. The van der Waals surface area contributed by atoms with Crippen LogP contribution in [0.5, 0.6) is 0 Å². The first-order valence-electron chi connectivity index (χ1n) is 6.73. The molecule has 0 fully saturated rings. The van der Waals surface area contributed by atoms with Crippen molar-refractivity contribution in [3.05, 3.63) is 29.3 Å². The molecule has 0 aliphatic heterocycles. The molecular weight excluding hydrogens is 276 g/mol. The van der Waals surface area contributed by atoms with Gasteiger partial charge in [0.15, 0.2) is 0 Å². The van der Waals surface area contributed by atoms with Gasteiger partial charge in [0.1, 0.15) is 0 Å². The fraction of sp³-hybridized carbons (Fsp3) is 0.571. The molecule has 1 aromatic rings. The van der Waals surface area contributed by atoms with Gasteiger partial charge >= 0.3 is 0 Å². The fourth-order valence-electron chi connectivity index (χ4n) is 1.70. The smallest absolute Gasteiger partial charge is 0.240 e. The second-order valence-corrected chi connectivity index (χ2v) is 6.51. The van der Waals surface area contributed by atoms with Gasteiger partial charge in [-0.05, 0) is 37.6 Å². The summed E-state index contributed by atoms with van der Waals surface area (Å²) in [5, 5.41) is 3.19. The van der Waals surface area contributed by atoms with Gasteiger partial charge in [-0.1, -0.05) is 19.1 Å². The van der Waals surface area contributed by atoms with E-state index in [2.05, 4.69) is 10.0 Å². The first kappa shape index (κ1) is 17.1. The number of hydrogen-bond donors (Lipinski definition) is 2. The van der Waals surface area contributed by atoms with Crippen LogP contribution in [0.4, 0.5) is 0 Å². The molecular formula is C14H24N2O3S. The Bertz CT molecular complexity index is 529. The van der Waals surface area contributed by atoms with Crippen LogP contribution in [-0.2, 0) is 21.3 Å². The Morgan fingerprint density at radius 2 is 2.05 bits per heavy atom. The minimum Gasteiger partial charge on any atom is -0.380 e. The Kier molecular flexibility index (Phi) is 6.61. The molecule has 1 atom stereocenters. The van der Waals surface area contributed by atoms with Gasteiger partial charge in [-0.2, -0.15) is 0 Å². The molecule has 0 spiro atoms. The van der Waals surface area contributed by atoms with Gasteiger partial charge in [-0.3, -0.25) is 0 Å². The summed E-state index contributed by atoms with van der Waals surface area (Å²) in [6.45, 7) is 7.39. The molecule has 0 aliphatic carbocycles. The van der Waals surface area contributed by atoms with Crippen molar-refractivity contribution in [2.24, 2.45) is 0 Å². The number of nitrogens with one attached hydrogen (secondary N) is 2. The molecule has 1 rings (SSSR count). The molecule has 1 unspecified atom stereocenters. The van der Waals surface area contributed by atoms with Gasteiger partial charge in [0.05, 0.1) is 11.0 Å². The minimum atomic E-state index is -3.50. The van der Waals surface area contributed by atoms with E-state index in [-0.39, 0.29) is 12.6 Å². The van der Waals surface area contributed by atoms with Crippen molar-refractivity contribution in [3.8, 4) is 0 Å². The topological polar surface area (TPSA) is 67.4 Å². The number of benzene rings is 1. The van der Waals surface area contributed by atoms with Crippen LogP contribution in [0.2, 0.25) is 0 Å². The second kappa shape index (κ2) is 7.73. The number of aryl methyl sites for hydroxylation is 1. The van der Waals surface area contributed by atoms with E-state index in [0.717, 1.165) is 17.7 Å². The van der Waals surface area contributed by atoms with Gasteiger partial charge < -0.3 is 10.1 Å². The summed E-state index contributed by atoms with van der Waals surface area (Å²) in [4.78, 5) is 0.330. The Labute approximate surface area is 121 Å². The van der Waals surface area contributed by atoms with E-state index in [9.17, 15) is 8.42 Å². The number of methoxy groups -OCH3 is 1. The molecule has 0 heterocycles. The van der Waals surface area contributed by atoms with E-state index in [0.29, 0.717) is 11.4 Å². The summed E-state index contributed by atoms with van der Waals surface area (Å²) >= 11 is 0.